The van der Waals surface area contributed by atoms with E-state index < -0.39 is 8.32 Å². The number of carbonyl (C=O) groups excluding carboxylic acids is 1. The van der Waals surface area contributed by atoms with Gasteiger partial charge in [0.1, 0.15) is 11.5 Å². The van der Waals surface area contributed by atoms with Gasteiger partial charge in [0.15, 0.2) is 8.32 Å². The third-order valence-electron chi connectivity index (χ3n) is 10.6. The third kappa shape index (κ3) is 8.83. The van der Waals surface area contributed by atoms with Gasteiger partial charge >= 0.3 is 5.97 Å². The largest absolute Gasteiger partial charge is 0.466 e. The Morgan fingerprint density at radius 2 is 1.43 bits per heavy atom. The van der Waals surface area contributed by atoms with Crippen LogP contribution >= 0.6 is 0 Å². The van der Waals surface area contributed by atoms with Crippen molar-refractivity contribution in [1.29, 1.82) is 0 Å². The van der Waals surface area contributed by atoms with Crippen molar-refractivity contribution in [3.63, 3.8) is 0 Å². The number of hydrogen-bond donors (Lipinski definition) is 0. The van der Waals surface area contributed by atoms with Gasteiger partial charge < -0.3 is 13.6 Å². The van der Waals surface area contributed by atoms with E-state index >= 15 is 0 Å². The molecule has 2 aromatic carbocycles. The summed E-state index contributed by atoms with van der Waals surface area (Å²) in [6.45, 7) is 30.0. The Morgan fingerprint density at radius 3 is 1.96 bits per heavy atom. The fourth-order valence-corrected chi connectivity index (χ4v) is 7.88. The van der Waals surface area contributed by atoms with Crippen molar-refractivity contribution in [2.75, 3.05) is 6.61 Å². The number of rotatable bonds is 14. The van der Waals surface area contributed by atoms with Gasteiger partial charge in [0.05, 0.1) is 19.1 Å². The van der Waals surface area contributed by atoms with Crippen LogP contribution in [0, 0.1) is 19.3 Å². The van der Waals surface area contributed by atoms with Gasteiger partial charge in [-0.25, -0.2) is 0 Å². The second kappa shape index (κ2) is 15.1. The van der Waals surface area contributed by atoms with Crippen molar-refractivity contribution < 1.29 is 18.4 Å². The van der Waals surface area contributed by atoms with Crippen LogP contribution < -0.4 is 0 Å². The highest BCUT2D eigenvalue weighted by molar-refractivity contribution is 6.74. The first-order valence-electron chi connectivity index (χ1n) is 17.5. The lowest BCUT2D eigenvalue weighted by atomic mass is 9.69. The van der Waals surface area contributed by atoms with Gasteiger partial charge in [0, 0.05) is 17.4 Å². The summed E-state index contributed by atoms with van der Waals surface area (Å²) < 4.78 is 18.2. The summed E-state index contributed by atoms with van der Waals surface area (Å²) in [4.78, 5) is 11.8. The van der Waals surface area contributed by atoms with Crippen LogP contribution in [0.1, 0.15) is 122 Å². The van der Waals surface area contributed by atoms with E-state index in [1.54, 1.807) is 0 Å². The molecule has 0 amide bonds. The van der Waals surface area contributed by atoms with E-state index in [0.717, 1.165) is 42.8 Å². The van der Waals surface area contributed by atoms with Gasteiger partial charge in [-0.15, -0.1) is 0 Å². The van der Waals surface area contributed by atoms with E-state index in [0.29, 0.717) is 19.4 Å². The van der Waals surface area contributed by atoms with Gasteiger partial charge in [-0.3, -0.25) is 4.79 Å². The van der Waals surface area contributed by atoms with Crippen molar-refractivity contribution in [3.05, 3.63) is 82.1 Å². The summed E-state index contributed by atoms with van der Waals surface area (Å²) in [7, 11) is -1.87. The Labute approximate surface area is 281 Å². The maximum absolute atomic E-state index is 11.8. The van der Waals surface area contributed by atoms with Crippen molar-refractivity contribution in [2.45, 2.75) is 144 Å². The summed E-state index contributed by atoms with van der Waals surface area (Å²) in [5, 5.41) is 0.195. The van der Waals surface area contributed by atoms with Crippen LogP contribution in [-0.2, 0) is 32.2 Å². The minimum Gasteiger partial charge on any atom is -0.466 e. The predicted octanol–water partition coefficient (Wildman–Crippen LogP) is 11.5. The van der Waals surface area contributed by atoms with E-state index in [2.05, 4.69) is 119 Å². The Bertz CT molecular complexity index is 1450. The number of hydrogen-bond acceptors (Lipinski definition) is 4. The van der Waals surface area contributed by atoms with Gasteiger partial charge in [-0.2, -0.15) is 0 Å². The molecule has 1 atom stereocenters. The molecule has 46 heavy (non-hydrogen) atoms. The molecule has 0 N–H and O–H groups in total. The molecule has 0 bridgehead atoms. The molecule has 254 valence electrons. The SMILES string of the molecule is CCOC(=O)CCc1ccc(-c2ccc(C(CC)(CC)c3ccc(CCC(O[Si](C)(C)C(C)(C)C)C(C)(C)C)c(C)c3)cc2C)o1. The average molecular weight is 647 g/mol. The molecule has 1 heterocycles. The van der Waals surface area contributed by atoms with Crippen molar-refractivity contribution in [1.82, 2.24) is 0 Å². The summed E-state index contributed by atoms with van der Waals surface area (Å²) in [6.07, 6.45) is 5.18. The number of aryl methyl sites for hydroxylation is 4. The Hall–Kier alpha value is -2.63. The standard InChI is InChI=1S/C41H62O4Si/c1-14-41(15-2,33-20-23-35(30(5)28-33)36-24-21-34(44-36)22-26-38(42)43-16-3)32-19-17-31(29(4)27-32)18-25-37(39(6,7)8)45-46(12,13)40(9,10)11/h17,19-21,23-24,27-28,37H,14-16,18,22,25-26H2,1-13H3. The molecule has 0 aliphatic rings. The lowest BCUT2D eigenvalue weighted by Gasteiger charge is -2.43. The smallest absolute Gasteiger partial charge is 0.306 e. The predicted molar refractivity (Wildman–Crippen MR) is 196 cm³/mol. The summed E-state index contributed by atoms with van der Waals surface area (Å²) in [6, 6.07) is 18.0. The first-order chi connectivity index (χ1) is 21.4. The van der Waals surface area contributed by atoms with Crippen LogP contribution in [0.3, 0.4) is 0 Å². The first-order valence-corrected chi connectivity index (χ1v) is 20.4. The Morgan fingerprint density at radius 1 is 0.826 bits per heavy atom. The normalized spacial score (nSPS) is 13.6. The zero-order valence-electron chi connectivity index (χ0n) is 31.3. The lowest BCUT2D eigenvalue weighted by Crippen LogP contribution is -2.47. The second-order valence-electron chi connectivity index (χ2n) is 15.8. The summed E-state index contributed by atoms with van der Waals surface area (Å²) >= 11 is 0. The minimum absolute atomic E-state index is 0.0695. The third-order valence-corrected chi connectivity index (χ3v) is 15.1. The van der Waals surface area contributed by atoms with Gasteiger partial charge in [0.2, 0.25) is 0 Å². The topological polar surface area (TPSA) is 48.7 Å². The summed E-state index contributed by atoms with van der Waals surface area (Å²) in [5.74, 6) is 1.45. The van der Waals surface area contributed by atoms with Crippen LogP contribution in [0.15, 0.2) is 52.9 Å². The van der Waals surface area contributed by atoms with Crippen LogP contribution in [0.5, 0.6) is 0 Å². The molecule has 0 saturated heterocycles. The average Bonchev–Trinajstić information content (AvgIpc) is 3.43. The van der Waals surface area contributed by atoms with Gasteiger partial charge in [0.25, 0.3) is 0 Å². The molecule has 0 spiro atoms. The van der Waals surface area contributed by atoms with Crippen molar-refractivity contribution in [3.8, 4) is 11.3 Å². The number of benzene rings is 2. The lowest BCUT2D eigenvalue weighted by molar-refractivity contribution is -0.143. The molecule has 0 fully saturated rings. The molecular weight excluding hydrogens is 585 g/mol. The molecular formula is C41H62O4Si. The number of carbonyl (C=O) groups is 1. The van der Waals surface area contributed by atoms with E-state index in [1.807, 2.05) is 19.1 Å². The fourth-order valence-electron chi connectivity index (χ4n) is 6.35. The monoisotopic (exact) mass is 646 g/mol. The van der Waals surface area contributed by atoms with Crippen molar-refractivity contribution >= 4 is 14.3 Å². The zero-order valence-corrected chi connectivity index (χ0v) is 32.3. The quantitative estimate of drug-likeness (QED) is 0.129. The van der Waals surface area contributed by atoms with Crippen LogP contribution in [-0.4, -0.2) is 27.0 Å². The Kier molecular flexibility index (Phi) is 12.4. The molecule has 1 aromatic heterocycles. The van der Waals surface area contributed by atoms with E-state index in [-0.39, 0.29) is 27.9 Å². The molecule has 3 rings (SSSR count). The highest BCUT2D eigenvalue weighted by Crippen LogP contribution is 2.43. The highest BCUT2D eigenvalue weighted by Gasteiger charge is 2.41. The van der Waals surface area contributed by atoms with E-state index in [1.165, 1.54) is 27.8 Å². The Balaban J connectivity index is 1.84. The number of esters is 1. The molecule has 1 unspecified atom stereocenters. The molecule has 0 aliphatic carbocycles. The molecule has 5 heteroatoms. The number of ether oxygens (including phenoxy) is 1. The van der Waals surface area contributed by atoms with Gasteiger partial charge in [-0.05, 0) is 110 Å². The second-order valence-corrected chi connectivity index (χ2v) is 20.6. The minimum atomic E-state index is -1.87. The van der Waals surface area contributed by atoms with E-state index in [9.17, 15) is 4.79 Å². The van der Waals surface area contributed by atoms with Crippen molar-refractivity contribution in [2.24, 2.45) is 5.41 Å². The molecule has 0 radical (unpaired) electrons. The zero-order chi connectivity index (χ0) is 34.5. The molecule has 4 nitrogen and oxygen atoms in total. The summed E-state index contributed by atoms with van der Waals surface area (Å²) in [5.41, 5.74) is 7.81. The van der Waals surface area contributed by atoms with Gasteiger partial charge in [-0.1, -0.05) is 91.8 Å². The molecule has 3 aromatic rings. The fraction of sp³-hybridized carbons (Fsp3) is 0.585. The molecule has 0 saturated carbocycles. The van der Waals surface area contributed by atoms with Crippen LogP contribution in [0.25, 0.3) is 11.3 Å². The first kappa shape index (κ1) is 37.8. The highest BCUT2D eigenvalue weighted by atomic mass is 28.4. The van der Waals surface area contributed by atoms with Crippen LogP contribution in [0.2, 0.25) is 18.1 Å². The maximum atomic E-state index is 11.8. The van der Waals surface area contributed by atoms with Crippen LogP contribution in [0.4, 0.5) is 0 Å². The molecule has 0 aliphatic heterocycles. The number of furan rings is 1. The maximum Gasteiger partial charge on any atom is 0.306 e. The van der Waals surface area contributed by atoms with E-state index in [4.69, 9.17) is 13.6 Å².